The first-order valence-electron chi connectivity index (χ1n) is 3.37. The van der Waals surface area contributed by atoms with Crippen molar-refractivity contribution >= 4 is 0 Å². The van der Waals surface area contributed by atoms with E-state index in [-0.39, 0.29) is 13.4 Å². The van der Waals surface area contributed by atoms with E-state index in [0.29, 0.717) is 5.75 Å². The van der Waals surface area contributed by atoms with Crippen molar-refractivity contribution in [3.8, 4) is 11.5 Å². The van der Waals surface area contributed by atoms with Gasteiger partial charge in [-0.1, -0.05) is 6.07 Å². The highest BCUT2D eigenvalue weighted by molar-refractivity contribution is 5.44. The quantitative estimate of drug-likeness (QED) is 0.607. The molecule has 0 saturated carbocycles. The first kappa shape index (κ1) is 6.49. The van der Waals surface area contributed by atoms with E-state index in [1.165, 1.54) is 0 Å². The van der Waals surface area contributed by atoms with E-state index in [1.807, 2.05) is 0 Å². The van der Waals surface area contributed by atoms with Crippen molar-refractivity contribution in [3.63, 3.8) is 0 Å². The number of benzene rings is 1. The Bertz CT molecular complexity index is 270. The van der Waals surface area contributed by atoms with Crippen molar-refractivity contribution in [1.82, 2.24) is 0 Å². The van der Waals surface area contributed by atoms with E-state index in [0.717, 1.165) is 11.3 Å². The van der Waals surface area contributed by atoms with Crippen LogP contribution in [-0.2, 0) is 11.7 Å². The molecule has 11 heavy (non-hydrogen) atoms. The van der Waals surface area contributed by atoms with Gasteiger partial charge in [0.25, 0.3) is 0 Å². The van der Waals surface area contributed by atoms with E-state index in [2.05, 4.69) is 0 Å². The van der Waals surface area contributed by atoms with Crippen LogP contribution < -0.4 is 9.47 Å². The molecule has 0 fully saturated rings. The van der Waals surface area contributed by atoms with Crippen LogP contribution in [0.3, 0.4) is 0 Å². The van der Waals surface area contributed by atoms with Gasteiger partial charge in [0.1, 0.15) is 6.61 Å². The molecule has 0 aliphatic carbocycles. The Morgan fingerprint density at radius 3 is 2.91 bits per heavy atom. The zero-order valence-electron chi connectivity index (χ0n) is 5.87. The SMILES string of the molecule is [O]Cc1ccc2c(c1)OCO2. The summed E-state index contributed by atoms with van der Waals surface area (Å²) >= 11 is 0. The molecule has 0 N–H and O–H groups in total. The fraction of sp³-hybridized carbons (Fsp3) is 0.250. The molecule has 0 unspecified atom stereocenters. The molecule has 1 aliphatic heterocycles. The minimum atomic E-state index is -0.212. The third-order valence-corrected chi connectivity index (χ3v) is 1.60. The molecular formula is C8H7O3. The molecule has 57 valence electrons. The van der Waals surface area contributed by atoms with Crippen molar-refractivity contribution in [2.75, 3.05) is 6.79 Å². The number of hydrogen-bond acceptors (Lipinski definition) is 2. The van der Waals surface area contributed by atoms with Gasteiger partial charge >= 0.3 is 0 Å². The monoisotopic (exact) mass is 151 g/mol. The van der Waals surface area contributed by atoms with Crippen molar-refractivity contribution in [2.24, 2.45) is 0 Å². The van der Waals surface area contributed by atoms with Gasteiger partial charge in [-0.2, -0.15) is 0 Å². The van der Waals surface area contributed by atoms with E-state index in [4.69, 9.17) is 9.47 Å². The molecule has 0 spiro atoms. The highest BCUT2D eigenvalue weighted by Crippen LogP contribution is 2.32. The van der Waals surface area contributed by atoms with Gasteiger partial charge in [-0.3, -0.25) is 0 Å². The van der Waals surface area contributed by atoms with Crippen LogP contribution in [0.1, 0.15) is 5.56 Å². The zero-order valence-corrected chi connectivity index (χ0v) is 5.87. The highest BCUT2D eigenvalue weighted by atomic mass is 16.7. The molecule has 0 atom stereocenters. The molecule has 3 heteroatoms. The third-order valence-electron chi connectivity index (χ3n) is 1.60. The summed E-state index contributed by atoms with van der Waals surface area (Å²) in [6.45, 7) is 0.0499. The van der Waals surface area contributed by atoms with Gasteiger partial charge < -0.3 is 9.47 Å². The summed E-state index contributed by atoms with van der Waals surface area (Å²) in [4.78, 5) is 0. The summed E-state index contributed by atoms with van der Waals surface area (Å²) < 4.78 is 10.2. The van der Waals surface area contributed by atoms with Crippen LogP contribution in [-0.4, -0.2) is 6.79 Å². The van der Waals surface area contributed by atoms with E-state index in [1.54, 1.807) is 18.2 Å². The molecule has 0 bridgehead atoms. The Labute approximate surface area is 64.2 Å². The maximum Gasteiger partial charge on any atom is 0.231 e. The zero-order chi connectivity index (χ0) is 7.68. The Balaban J connectivity index is 2.41. The maximum atomic E-state index is 10.4. The lowest BCUT2D eigenvalue weighted by atomic mass is 10.2. The first-order valence-corrected chi connectivity index (χ1v) is 3.37. The van der Waals surface area contributed by atoms with Crippen LogP contribution in [0.25, 0.3) is 0 Å². The fourth-order valence-corrected chi connectivity index (χ4v) is 1.03. The molecule has 1 radical (unpaired) electrons. The summed E-state index contributed by atoms with van der Waals surface area (Å²) in [5.41, 5.74) is 0.731. The molecule has 0 amide bonds. The van der Waals surface area contributed by atoms with Crippen molar-refractivity contribution in [1.29, 1.82) is 0 Å². The van der Waals surface area contributed by atoms with Gasteiger partial charge in [0.2, 0.25) is 6.79 Å². The molecule has 1 aromatic carbocycles. The van der Waals surface area contributed by atoms with Crippen LogP contribution in [0.15, 0.2) is 18.2 Å². The molecule has 2 rings (SSSR count). The van der Waals surface area contributed by atoms with Gasteiger partial charge in [-0.05, 0) is 17.7 Å². The maximum absolute atomic E-state index is 10.4. The molecule has 3 nitrogen and oxygen atoms in total. The average molecular weight is 151 g/mol. The smallest absolute Gasteiger partial charge is 0.231 e. The van der Waals surface area contributed by atoms with Crippen LogP contribution in [0, 0.1) is 0 Å². The topological polar surface area (TPSA) is 38.4 Å². The first-order chi connectivity index (χ1) is 5.40. The molecule has 1 heterocycles. The second-order valence-corrected chi connectivity index (χ2v) is 2.33. The fourth-order valence-electron chi connectivity index (χ4n) is 1.03. The van der Waals surface area contributed by atoms with Crippen LogP contribution in [0.5, 0.6) is 11.5 Å². The summed E-state index contributed by atoms with van der Waals surface area (Å²) in [5.74, 6) is 1.40. The second-order valence-electron chi connectivity index (χ2n) is 2.33. The van der Waals surface area contributed by atoms with E-state index >= 15 is 0 Å². The number of hydrogen-bond donors (Lipinski definition) is 0. The number of rotatable bonds is 1. The lowest BCUT2D eigenvalue weighted by Crippen LogP contribution is -1.92. The second kappa shape index (κ2) is 2.43. The summed E-state index contributed by atoms with van der Waals surface area (Å²) in [5, 5.41) is 10.4. The molecule has 0 aromatic heterocycles. The van der Waals surface area contributed by atoms with E-state index in [9.17, 15) is 5.11 Å². The number of fused-ring (bicyclic) bond motifs is 1. The average Bonchev–Trinajstić information content (AvgIpc) is 2.50. The van der Waals surface area contributed by atoms with Crippen LogP contribution in [0.4, 0.5) is 0 Å². The Morgan fingerprint density at radius 1 is 1.27 bits per heavy atom. The Morgan fingerprint density at radius 2 is 2.09 bits per heavy atom. The van der Waals surface area contributed by atoms with Gasteiger partial charge in [-0.25, -0.2) is 5.11 Å². The van der Waals surface area contributed by atoms with Gasteiger partial charge in [-0.15, -0.1) is 0 Å². The lowest BCUT2D eigenvalue weighted by Gasteiger charge is -1.96. The van der Waals surface area contributed by atoms with Crippen LogP contribution in [0.2, 0.25) is 0 Å². The third kappa shape index (κ3) is 1.03. The van der Waals surface area contributed by atoms with Crippen molar-refractivity contribution in [2.45, 2.75) is 6.61 Å². The molecule has 0 saturated heterocycles. The highest BCUT2D eigenvalue weighted by Gasteiger charge is 2.12. The summed E-state index contributed by atoms with van der Waals surface area (Å²) in [6.07, 6.45) is 0. The van der Waals surface area contributed by atoms with Crippen molar-refractivity contribution < 1.29 is 14.6 Å². The summed E-state index contributed by atoms with van der Waals surface area (Å²) in [7, 11) is 0. The van der Waals surface area contributed by atoms with Crippen LogP contribution >= 0.6 is 0 Å². The van der Waals surface area contributed by atoms with Crippen molar-refractivity contribution in [3.05, 3.63) is 23.8 Å². The summed E-state index contributed by atoms with van der Waals surface area (Å²) in [6, 6.07) is 5.23. The molecule has 1 aromatic rings. The minimum absolute atomic E-state index is 0.212. The molecule has 1 aliphatic rings. The molecular weight excluding hydrogens is 144 g/mol. The predicted octanol–water partition coefficient (Wildman–Crippen LogP) is 1.35. The van der Waals surface area contributed by atoms with E-state index < -0.39 is 0 Å². The lowest BCUT2D eigenvalue weighted by molar-refractivity contribution is 0.171. The Hall–Kier alpha value is -1.22. The minimum Gasteiger partial charge on any atom is -0.454 e. The van der Waals surface area contributed by atoms with Gasteiger partial charge in [0.05, 0.1) is 0 Å². The normalized spacial score (nSPS) is 13.5. The Kier molecular flexibility index (Phi) is 1.43. The predicted molar refractivity (Wildman–Crippen MR) is 37.0 cm³/mol. The van der Waals surface area contributed by atoms with Gasteiger partial charge in [0, 0.05) is 0 Å². The van der Waals surface area contributed by atoms with Gasteiger partial charge in [0.15, 0.2) is 11.5 Å². The standard InChI is InChI=1S/C8H7O3/c9-4-6-1-2-7-8(3-6)11-5-10-7/h1-3H,4-5H2. The number of ether oxygens (including phenoxy) is 2. The largest absolute Gasteiger partial charge is 0.454 e.